The third-order valence-corrected chi connectivity index (χ3v) is 5.24. The summed E-state index contributed by atoms with van der Waals surface area (Å²) in [5, 5.41) is 0.648. The van der Waals surface area contributed by atoms with Crippen molar-refractivity contribution in [3.63, 3.8) is 0 Å². The van der Waals surface area contributed by atoms with Crippen LogP contribution in [-0.2, 0) is 4.74 Å². The molecule has 0 atom stereocenters. The average Bonchev–Trinajstić information content (AvgIpc) is 2.78. The number of Topliss-reactive ketones (excluding diaryl/α,β-unsaturated/α-hetero) is 1. The number of carbonyl (C=O) groups excluding carboxylic acids is 2. The number of hydrogen-bond donors (Lipinski definition) is 0. The molecule has 0 aliphatic heterocycles. The number of fused-ring (bicyclic) bond motifs is 1. The summed E-state index contributed by atoms with van der Waals surface area (Å²) in [6.45, 7) is 3.63. The van der Waals surface area contributed by atoms with Gasteiger partial charge >= 0.3 is 5.97 Å². The van der Waals surface area contributed by atoms with Gasteiger partial charge in [0.2, 0.25) is 0 Å². The van der Waals surface area contributed by atoms with Crippen LogP contribution in [0.1, 0.15) is 31.8 Å². The van der Waals surface area contributed by atoms with Gasteiger partial charge in [0.1, 0.15) is 5.82 Å². The highest BCUT2D eigenvalue weighted by Gasteiger charge is 2.17. The van der Waals surface area contributed by atoms with E-state index in [1.54, 1.807) is 12.1 Å². The van der Waals surface area contributed by atoms with E-state index in [9.17, 15) is 14.0 Å². The summed E-state index contributed by atoms with van der Waals surface area (Å²) in [6, 6.07) is 20.1. The lowest BCUT2D eigenvalue weighted by molar-refractivity contribution is 0.0476. The molecule has 1 heterocycles. The highest BCUT2D eigenvalue weighted by molar-refractivity contribution is 6.06. The van der Waals surface area contributed by atoms with Crippen LogP contribution in [0.15, 0.2) is 72.8 Å². The minimum absolute atomic E-state index is 0.282. The fourth-order valence-electron chi connectivity index (χ4n) is 3.32. The highest BCUT2D eigenvalue weighted by atomic mass is 19.1. The number of halogens is 1. The van der Waals surface area contributed by atoms with Gasteiger partial charge in [-0.15, -0.1) is 0 Å². The largest absolute Gasteiger partial charge is 0.454 e. The first kappa shape index (κ1) is 20.4. The quantitative estimate of drug-likeness (QED) is 0.311. The van der Waals surface area contributed by atoms with Crippen molar-refractivity contribution in [2.45, 2.75) is 13.8 Å². The van der Waals surface area contributed by atoms with E-state index in [4.69, 9.17) is 9.72 Å². The Hall–Kier alpha value is -3.86. The Balaban J connectivity index is 1.65. The highest BCUT2D eigenvalue weighted by Crippen LogP contribution is 2.27. The van der Waals surface area contributed by atoms with Gasteiger partial charge in [-0.25, -0.2) is 14.2 Å². The van der Waals surface area contributed by atoms with Gasteiger partial charge < -0.3 is 4.74 Å². The van der Waals surface area contributed by atoms with Crippen LogP contribution in [-0.4, -0.2) is 23.3 Å². The van der Waals surface area contributed by atoms with Crippen LogP contribution in [0.3, 0.4) is 0 Å². The first-order chi connectivity index (χ1) is 14.9. The van der Waals surface area contributed by atoms with E-state index in [2.05, 4.69) is 0 Å². The maximum atomic E-state index is 13.1. The first-order valence-electron chi connectivity index (χ1n) is 9.85. The summed E-state index contributed by atoms with van der Waals surface area (Å²) in [4.78, 5) is 29.9. The number of rotatable bonds is 5. The number of carbonyl (C=O) groups is 2. The van der Waals surface area contributed by atoms with Gasteiger partial charge in [-0.1, -0.05) is 30.3 Å². The SMILES string of the molecule is Cc1ccc(-c2cc(C(=O)OCC(=O)c3ccc(F)cc3)c3ccccc3n2)cc1C. The molecule has 31 heavy (non-hydrogen) atoms. The molecule has 0 aliphatic rings. The van der Waals surface area contributed by atoms with Crippen LogP contribution in [0.4, 0.5) is 4.39 Å². The summed E-state index contributed by atoms with van der Waals surface area (Å²) < 4.78 is 18.4. The van der Waals surface area contributed by atoms with Gasteiger partial charge in [-0.3, -0.25) is 4.79 Å². The number of pyridine rings is 1. The molecule has 0 bridgehead atoms. The summed E-state index contributed by atoms with van der Waals surface area (Å²) in [5.41, 5.74) is 5.12. The molecule has 1 aromatic heterocycles. The molecule has 4 rings (SSSR count). The van der Waals surface area contributed by atoms with E-state index < -0.39 is 24.2 Å². The molecule has 0 unspecified atom stereocenters. The minimum atomic E-state index is -0.612. The van der Waals surface area contributed by atoms with Crippen molar-refractivity contribution in [1.82, 2.24) is 4.98 Å². The normalized spacial score (nSPS) is 10.8. The number of esters is 1. The zero-order chi connectivity index (χ0) is 22.0. The van der Waals surface area contributed by atoms with E-state index in [0.29, 0.717) is 22.2 Å². The van der Waals surface area contributed by atoms with Crippen LogP contribution >= 0.6 is 0 Å². The van der Waals surface area contributed by atoms with Crippen molar-refractivity contribution in [3.8, 4) is 11.3 Å². The molecule has 0 saturated carbocycles. The van der Waals surface area contributed by atoms with Crippen molar-refractivity contribution >= 4 is 22.7 Å². The predicted molar refractivity (Wildman–Crippen MR) is 118 cm³/mol. The fraction of sp³-hybridized carbons (Fsp3) is 0.115. The zero-order valence-corrected chi connectivity index (χ0v) is 17.2. The average molecular weight is 413 g/mol. The van der Waals surface area contributed by atoms with Crippen LogP contribution in [0, 0.1) is 19.7 Å². The van der Waals surface area contributed by atoms with Crippen molar-refractivity contribution in [3.05, 3.63) is 101 Å². The number of aromatic nitrogens is 1. The molecule has 0 radical (unpaired) electrons. The molecule has 4 aromatic rings. The second-order valence-electron chi connectivity index (χ2n) is 7.38. The molecule has 0 saturated heterocycles. The van der Waals surface area contributed by atoms with Gasteiger partial charge in [-0.05, 0) is 67.4 Å². The fourth-order valence-corrected chi connectivity index (χ4v) is 3.32. The molecule has 154 valence electrons. The summed E-state index contributed by atoms with van der Waals surface area (Å²) in [7, 11) is 0. The third kappa shape index (κ3) is 4.36. The van der Waals surface area contributed by atoms with Crippen molar-refractivity contribution in [1.29, 1.82) is 0 Å². The number of ether oxygens (including phenoxy) is 1. The summed E-state index contributed by atoms with van der Waals surface area (Å²) in [6.07, 6.45) is 0. The van der Waals surface area contributed by atoms with E-state index >= 15 is 0 Å². The van der Waals surface area contributed by atoms with Gasteiger partial charge in [0, 0.05) is 16.5 Å². The lowest BCUT2D eigenvalue weighted by Crippen LogP contribution is -2.15. The second kappa shape index (κ2) is 8.48. The van der Waals surface area contributed by atoms with Crippen LogP contribution in [0.5, 0.6) is 0 Å². The molecule has 0 amide bonds. The van der Waals surface area contributed by atoms with Gasteiger partial charge in [0.15, 0.2) is 12.4 Å². The predicted octanol–water partition coefficient (Wildman–Crippen LogP) is 5.70. The Labute approximate surface area is 179 Å². The number of aryl methyl sites for hydroxylation is 2. The molecule has 5 heteroatoms. The Morgan fingerprint density at radius 3 is 2.39 bits per heavy atom. The topological polar surface area (TPSA) is 56.3 Å². The summed E-state index contributed by atoms with van der Waals surface area (Å²) in [5.74, 6) is -1.45. The maximum absolute atomic E-state index is 13.1. The number of ketones is 1. The van der Waals surface area contributed by atoms with Gasteiger partial charge in [0.05, 0.1) is 16.8 Å². The maximum Gasteiger partial charge on any atom is 0.339 e. The Bertz CT molecular complexity index is 1300. The smallest absolute Gasteiger partial charge is 0.339 e. The molecule has 0 N–H and O–H groups in total. The monoisotopic (exact) mass is 413 g/mol. The van der Waals surface area contributed by atoms with Crippen LogP contribution in [0.25, 0.3) is 22.2 Å². The van der Waals surface area contributed by atoms with Crippen LogP contribution < -0.4 is 0 Å². The van der Waals surface area contributed by atoms with E-state index in [-0.39, 0.29) is 5.56 Å². The minimum Gasteiger partial charge on any atom is -0.454 e. The lowest BCUT2D eigenvalue weighted by atomic mass is 10.0. The standard InChI is InChI=1S/C26H20FNO3/c1-16-7-8-19(13-17(16)2)24-14-22(21-5-3-4-6-23(21)28-24)26(30)31-15-25(29)18-9-11-20(27)12-10-18/h3-14H,15H2,1-2H3. The van der Waals surface area contributed by atoms with Crippen molar-refractivity contribution in [2.24, 2.45) is 0 Å². The molecular weight excluding hydrogens is 393 g/mol. The number of hydrogen-bond acceptors (Lipinski definition) is 4. The molecule has 3 aromatic carbocycles. The van der Waals surface area contributed by atoms with E-state index in [0.717, 1.165) is 11.1 Å². The van der Waals surface area contributed by atoms with E-state index in [1.807, 2.05) is 50.2 Å². The Kier molecular flexibility index (Phi) is 5.58. The number of para-hydroxylation sites is 1. The number of nitrogens with zero attached hydrogens (tertiary/aromatic N) is 1. The lowest BCUT2D eigenvalue weighted by Gasteiger charge is -2.11. The van der Waals surface area contributed by atoms with Crippen molar-refractivity contribution < 1.29 is 18.7 Å². The van der Waals surface area contributed by atoms with Gasteiger partial charge in [-0.2, -0.15) is 0 Å². The third-order valence-electron chi connectivity index (χ3n) is 5.24. The van der Waals surface area contributed by atoms with Crippen LogP contribution in [0.2, 0.25) is 0 Å². The number of benzene rings is 3. The Morgan fingerprint density at radius 1 is 0.903 bits per heavy atom. The summed E-state index contributed by atoms with van der Waals surface area (Å²) >= 11 is 0. The molecule has 0 spiro atoms. The Morgan fingerprint density at radius 2 is 1.65 bits per heavy atom. The zero-order valence-electron chi connectivity index (χ0n) is 17.2. The molecule has 4 nitrogen and oxygen atoms in total. The molecule has 0 aliphatic carbocycles. The molecule has 0 fully saturated rings. The van der Waals surface area contributed by atoms with Crippen molar-refractivity contribution in [2.75, 3.05) is 6.61 Å². The van der Waals surface area contributed by atoms with E-state index in [1.165, 1.54) is 29.8 Å². The van der Waals surface area contributed by atoms with Gasteiger partial charge in [0.25, 0.3) is 0 Å². The second-order valence-corrected chi connectivity index (χ2v) is 7.38. The molecular formula is C26H20FNO3. The first-order valence-corrected chi connectivity index (χ1v) is 9.85.